The number of aryl methyl sites for hydroxylation is 2. The summed E-state index contributed by atoms with van der Waals surface area (Å²) in [5.41, 5.74) is 11.5. The zero-order valence-corrected chi connectivity index (χ0v) is 30.6. The number of imidazole rings is 2. The van der Waals surface area contributed by atoms with Crippen LogP contribution in [0.2, 0.25) is 0 Å². The van der Waals surface area contributed by atoms with E-state index in [1.807, 2.05) is 0 Å². The van der Waals surface area contributed by atoms with Crippen molar-refractivity contribution in [2.24, 2.45) is 14.1 Å². The lowest BCUT2D eigenvalue weighted by Gasteiger charge is -2.12. The summed E-state index contributed by atoms with van der Waals surface area (Å²) in [6.45, 7) is 2.97. The highest BCUT2D eigenvalue weighted by atomic mass is 32.2. The van der Waals surface area contributed by atoms with Crippen LogP contribution in [0.5, 0.6) is 0 Å². The molecule has 0 spiro atoms. The number of aromatic nitrogens is 9. The summed E-state index contributed by atoms with van der Waals surface area (Å²) in [5.74, 6) is -0.0157. The molecule has 0 bridgehead atoms. The first-order valence-corrected chi connectivity index (χ1v) is 19.2. The minimum absolute atomic E-state index is 0.0150. The van der Waals surface area contributed by atoms with Crippen molar-refractivity contribution in [1.29, 1.82) is 0 Å². The van der Waals surface area contributed by atoms with Crippen LogP contribution >= 0.6 is 0 Å². The highest BCUT2D eigenvalue weighted by Crippen LogP contribution is 2.37. The lowest BCUT2D eigenvalue weighted by atomic mass is 10.1. The van der Waals surface area contributed by atoms with Gasteiger partial charge in [0.25, 0.3) is 0 Å². The number of nitrogens with one attached hydrogen (secondary N) is 1. The Kier molecular flexibility index (Phi) is 9.52. The Bertz CT molecular complexity index is 2870. The van der Waals surface area contributed by atoms with Gasteiger partial charge in [0, 0.05) is 25.2 Å². The van der Waals surface area contributed by atoms with Gasteiger partial charge in [-0.3, -0.25) is 0 Å². The van der Waals surface area contributed by atoms with Crippen LogP contribution in [0.25, 0.3) is 55.9 Å². The third-order valence-electron chi connectivity index (χ3n) is 8.63. The summed E-state index contributed by atoms with van der Waals surface area (Å²) in [7, 11) is -4.22. The first-order valence-electron chi connectivity index (χ1n) is 15.9. The second kappa shape index (κ2) is 13.5. The lowest BCUT2D eigenvalue weighted by molar-refractivity contribution is -0.141. The number of rotatable bonds is 6. The van der Waals surface area contributed by atoms with Crippen LogP contribution in [-0.4, -0.2) is 72.8 Å². The molecule has 0 fully saturated rings. The first kappa shape index (κ1) is 38.9. The van der Waals surface area contributed by atoms with Crippen LogP contribution in [0.1, 0.15) is 25.2 Å². The van der Waals surface area contributed by atoms with Crippen LogP contribution in [0, 0.1) is 0 Å². The summed E-state index contributed by atoms with van der Waals surface area (Å²) in [4.78, 5) is 15.2. The fraction of sp³-hybridized carbons (Fsp3) is 0.250. The maximum absolute atomic E-state index is 13.0. The highest BCUT2D eigenvalue weighted by Gasteiger charge is 2.34. The van der Waals surface area contributed by atoms with E-state index in [0.29, 0.717) is 22.1 Å². The summed E-state index contributed by atoms with van der Waals surface area (Å²) >= 11 is 0. The van der Waals surface area contributed by atoms with Crippen molar-refractivity contribution in [3.63, 3.8) is 0 Å². The van der Waals surface area contributed by atoms with E-state index >= 15 is 0 Å². The molecule has 290 valence electrons. The maximum Gasteiger partial charge on any atom is 0.433 e. The van der Waals surface area contributed by atoms with Crippen molar-refractivity contribution in [2.75, 3.05) is 23.0 Å². The van der Waals surface area contributed by atoms with Gasteiger partial charge < -0.3 is 20.6 Å². The van der Waals surface area contributed by atoms with Gasteiger partial charge in [-0.15, -0.1) is 0 Å². The lowest BCUT2D eigenvalue weighted by Crippen LogP contribution is -2.09. The van der Waals surface area contributed by atoms with Crippen LogP contribution in [-0.2, 0) is 46.1 Å². The van der Waals surface area contributed by atoms with Gasteiger partial charge in [-0.25, -0.2) is 36.8 Å². The number of halogens is 6. The van der Waals surface area contributed by atoms with Crippen molar-refractivity contribution in [1.82, 2.24) is 44.5 Å². The van der Waals surface area contributed by atoms with Gasteiger partial charge in [0.1, 0.15) is 34.1 Å². The number of aromatic amines is 1. The van der Waals surface area contributed by atoms with Gasteiger partial charge in [0.05, 0.1) is 67.1 Å². The van der Waals surface area contributed by atoms with Gasteiger partial charge in [-0.2, -0.15) is 41.8 Å². The molecule has 0 saturated heterocycles. The highest BCUT2D eigenvalue weighted by molar-refractivity contribution is 7.91. The van der Waals surface area contributed by atoms with E-state index in [1.54, 1.807) is 14.1 Å². The number of benzene rings is 2. The van der Waals surface area contributed by atoms with E-state index in [9.17, 15) is 43.2 Å². The van der Waals surface area contributed by atoms with Crippen molar-refractivity contribution < 1.29 is 43.2 Å². The molecular weight excluding hydrogens is 781 g/mol. The molecule has 0 aliphatic rings. The predicted molar refractivity (Wildman–Crippen MR) is 190 cm³/mol. The minimum atomic E-state index is -4.62. The number of fused-ring (bicyclic) bond motifs is 3. The molecule has 0 aliphatic heterocycles. The van der Waals surface area contributed by atoms with Crippen molar-refractivity contribution >= 4 is 64.1 Å². The Morgan fingerprint density at radius 2 is 1.02 bits per heavy atom. The van der Waals surface area contributed by atoms with E-state index in [-0.39, 0.29) is 66.5 Å². The van der Waals surface area contributed by atoms with Crippen LogP contribution < -0.4 is 11.5 Å². The molecule has 23 heteroatoms. The number of sulfone groups is 2. The SMILES string of the molecule is CCS(=O)(=O)c1cc(N)c(N)cc1-c1nc2cc(C(F)(F)F)ncc2n1C.CCS(=O)(=O)c1cc2n[nH]nc2cc1-c1nc2cc(C(F)(F)F)ncc2n1C. The van der Waals surface area contributed by atoms with Gasteiger partial charge in [0.2, 0.25) is 0 Å². The maximum atomic E-state index is 13.0. The molecule has 7 aromatic rings. The average Bonchev–Trinajstić information content (AvgIpc) is 3.82. The van der Waals surface area contributed by atoms with E-state index in [4.69, 9.17) is 11.5 Å². The van der Waals surface area contributed by atoms with Gasteiger partial charge in [-0.1, -0.05) is 13.8 Å². The second-order valence-corrected chi connectivity index (χ2v) is 16.5. The number of nitrogens with two attached hydrogens (primary N) is 2. The number of nitrogens with zero attached hydrogens (tertiary/aromatic N) is 8. The Hall–Kier alpha value is -5.84. The number of hydrogen-bond donors (Lipinski definition) is 3. The summed E-state index contributed by atoms with van der Waals surface area (Å²) in [6, 6.07) is 7.13. The standard InChI is InChI=1S/C16H13F3N6O2S.C16H16F3N5O2S/c1-3-28(26,27)13-5-10-9(22-24-23-10)4-8(13)15-21-11-6-14(16(17,18)19)20-7-12(11)25(15)2;1-3-27(25,26)13-5-10(21)9(20)4-8(13)15-23-11-6-14(16(17,18)19)22-7-12(11)24(15)2/h4-7H,3H2,1-2H3,(H,22,23,24);4-7H,3,20-21H2,1-2H3. The molecule has 0 radical (unpaired) electrons. The number of hydrogen-bond acceptors (Lipinski definition) is 12. The van der Waals surface area contributed by atoms with E-state index in [2.05, 4.69) is 35.3 Å². The van der Waals surface area contributed by atoms with Crippen molar-refractivity contribution in [3.8, 4) is 22.8 Å². The summed E-state index contributed by atoms with van der Waals surface area (Å²) in [5, 5.41) is 10.3. The normalized spacial score (nSPS) is 12.8. The largest absolute Gasteiger partial charge is 0.433 e. The van der Waals surface area contributed by atoms with Crippen LogP contribution in [0.15, 0.2) is 58.6 Å². The van der Waals surface area contributed by atoms with E-state index < -0.39 is 43.4 Å². The molecule has 15 nitrogen and oxygen atoms in total. The number of alkyl halides is 6. The molecule has 5 N–H and O–H groups in total. The molecule has 7 rings (SSSR count). The Morgan fingerprint density at radius 1 is 0.618 bits per heavy atom. The number of nitrogen functional groups attached to an aromatic ring is 2. The molecule has 55 heavy (non-hydrogen) atoms. The fourth-order valence-corrected chi connectivity index (χ4v) is 7.82. The summed E-state index contributed by atoms with van der Waals surface area (Å²) < 4.78 is 131. The van der Waals surface area contributed by atoms with Crippen LogP contribution in [0.4, 0.5) is 37.7 Å². The quantitative estimate of drug-likeness (QED) is 0.143. The molecule has 0 saturated carbocycles. The smallest absolute Gasteiger partial charge is 0.397 e. The monoisotopic (exact) mass is 809 g/mol. The first-order chi connectivity index (χ1) is 25.6. The third kappa shape index (κ3) is 7.11. The molecule has 0 amide bonds. The van der Waals surface area contributed by atoms with Crippen molar-refractivity contribution in [2.45, 2.75) is 36.0 Å². The molecular formula is C32H29F6N11O4S2. The molecule has 0 atom stereocenters. The van der Waals surface area contributed by atoms with Gasteiger partial charge in [-0.05, 0) is 36.4 Å². The van der Waals surface area contributed by atoms with Crippen LogP contribution in [0.3, 0.4) is 0 Å². The molecule has 0 aliphatic carbocycles. The van der Waals surface area contributed by atoms with E-state index in [1.165, 1.54) is 47.2 Å². The Morgan fingerprint density at radius 3 is 1.45 bits per heavy atom. The molecule has 5 heterocycles. The Balaban J connectivity index is 0.000000187. The predicted octanol–water partition coefficient (Wildman–Crippen LogP) is 5.33. The van der Waals surface area contributed by atoms with Crippen molar-refractivity contribution in [3.05, 3.63) is 60.2 Å². The molecule has 2 aromatic carbocycles. The Labute approximate surface area is 307 Å². The topological polar surface area (TPSA) is 223 Å². The zero-order chi connectivity index (χ0) is 40.4. The molecule has 0 unspecified atom stereocenters. The second-order valence-electron chi connectivity index (χ2n) is 12.0. The minimum Gasteiger partial charge on any atom is -0.397 e. The average molecular weight is 810 g/mol. The van der Waals surface area contributed by atoms with E-state index in [0.717, 1.165) is 24.5 Å². The van der Waals surface area contributed by atoms with Gasteiger partial charge in [0.15, 0.2) is 19.7 Å². The zero-order valence-electron chi connectivity index (χ0n) is 29.0. The summed E-state index contributed by atoms with van der Waals surface area (Å²) in [6.07, 6.45) is -7.11. The number of anilines is 2. The fourth-order valence-electron chi connectivity index (χ4n) is 5.63. The number of H-pyrrole nitrogens is 1. The van der Waals surface area contributed by atoms with Gasteiger partial charge >= 0.3 is 12.4 Å². The number of pyridine rings is 2. The molecule has 5 aromatic heterocycles. The third-order valence-corrected chi connectivity index (χ3v) is 12.2.